The summed E-state index contributed by atoms with van der Waals surface area (Å²) in [6.45, 7) is -1.36. The van der Waals surface area contributed by atoms with Crippen LogP contribution in [0.15, 0.2) is 0 Å². The second-order valence-electron chi connectivity index (χ2n) is 1.89. The molecule has 1 amide bonds. The van der Waals surface area contributed by atoms with Crippen LogP contribution in [0.4, 0.5) is 13.2 Å². The summed E-state index contributed by atoms with van der Waals surface area (Å²) < 4.78 is 35.2. The molecule has 0 spiro atoms. The van der Waals surface area contributed by atoms with Crippen LogP contribution in [0.1, 0.15) is 0 Å². The first-order chi connectivity index (χ1) is 5.38. The number of nitrogens with one attached hydrogen (secondary N) is 1. The zero-order valence-electron chi connectivity index (χ0n) is 5.67. The molecule has 0 bridgehead atoms. The van der Waals surface area contributed by atoms with Crippen molar-refractivity contribution >= 4 is 6.41 Å². The van der Waals surface area contributed by atoms with Gasteiger partial charge in [-0.25, -0.2) is 0 Å². The average Bonchev–Trinajstić information content (AvgIpc) is 1.83. The molecule has 0 saturated heterocycles. The second kappa shape index (κ2) is 3.88. The fourth-order valence-electron chi connectivity index (χ4n) is 0.482. The maximum absolute atomic E-state index is 11.7. The van der Waals surface area contributed by atoms with Gasteiger partial charge in [-0.1, -0.05) is 0 Å². The molecule has 8 heteroatoms. The van der Waals surface area contributed by atoms with Crippen molar-refractivity contribution in [1.82, 2.24) is 5.32 Å². The number of nitro groups is 1. The van der Waals surface area contributed by atoms with Crippen molar-refractivity contribution in [3.05, 3.63) is 10.1 Å². The van der Waals surface area contributed by atoms with Gasteiger partial charge in [-0.05, 0) is 0 Å². The van der Waals surface area contributed by atoms with Crippen LogP contribution in [0.2, 0.25) is 0 Å². The van der Waals surface area contributed by atoms with E-state index in [1.165, 1.54) is 5.32 Å². The molecule has 0 heterocycles. The molecule has 0 aliphatic carbocycles. The van der Waals surface area contributed by atoms with E-state index in [2.05, 4.69) is 0 Å². The molecule has 1 unspecified atom stereocenters. The highest BCUT2D eigenvalue weighted by atomic mass is 19.4. The van der Waals surface area contributed by atoms with Crippen molar-refractivity contribution in [2.24, 2.45) is 0 Å². The lowest BCUT2D eigenvalue weighted by atomic mass is 10.3. The van der Waals surface area contributed by atoms with Gasteiger partial charge in [0.2, 0.25) is 13.0 Å². The normalized spacial score (nSPS) is 13.6. The molecule has 0 aromatic rings. The largest absolute Gasteiger partial charge is 0.415 e. The van der Waals surface area contributed by atoms with Crippen molar-refractivity contribution in [1.29, 1.82) is 0 Å². The summed E-state index contributed by atoms with van der Waals surface area (Å²) in [5.41, 5.74) is 0. The number of hydrogen-bond donors (Lipinski definition) is 1. The van der Waals surface area contributed by atoms with E-state index >= 15 is 0 Å². The summed E-state index contributed by atoms with van der Waals surface area (Å²) >= 11 is 0. The summed E-state index contributed by atoms with van der Waals surface area (Å²) in [5, 5.41) is 11.0. The Balaban J connectivity index is 4.22. The Morgan fingerprint density at radius 1 is 1.58 bits per heavy atom. The van der Waals surface area contributed by atoms with Crippen LogP contribution >= 0.6 is 0 Å². The van der Waals surface area contributed by atoms with Crippen molar-refractivity contribution in [2.75, 3.05) is 6.54 Å². The maximum atomic E-state index is 11.7. The van der Waals surface area contributed by atoms with Gasteiger partial charge in [0, 0.05) is 4.92 Å². The topological polar surface area (TPSA) is 72.2 Å². The number of hydrogen-bond acceptors (Lipinski definition) is 3. The third-order valence-electron chi connectivity index (χ3n) is 0.996. The highest BCUT2D eigenvalue weighted by Gasteiger charge is 2.42. The number of rotatable bonds is 4. The number of carbonyl (C=O) groups excluding carboxylic acids is 1. The predicted octanol–water partition coefficient (Wildman–Crippen LogP) is -0.0600. The van der Waals surface area contributed by atoms with E-state index in [-0.39, 0.29) is 6.41 Å². The standard InChI is InChI=1S/C4H5F3N2O3/c5-4(6,7)3(8-2-10)1-9(11)12/h2-3H,1H2,(H,8,10). The third kappa shape index (κ3) is 3.74. The van der Waals surface area contributed by atoms with Gasteiger partial charge in [0.15, 0.2) is 6.04 Å². The van der Waals surface area contributed by atoms with E-state index in [9.17, 15) is 28.1 Å². The Morgan fingerprint density at radius 3 is 2.33 bits per heavy atom. The molecule has 12 heavy (non-hydrogen) atoms. The minimum atomic E-state index is -4.78. The second-order valence-corrected chi connectivity index (χ2v) is 1.89. The number of nitrogens with zero attached hydrogens (tertiary/aromatic N) is 1. The van der Waals surface area contributed by atoms with Gasteiger partial charge in [-0.3, -0.25) is 14.9 Å². The van der Waals surface area contributed by atoms with Crippen LogP contribution in [-0.4, -0.2) is 30.1 Å². The van der Waals surface area contributed by atoms with Crippen LogP contribution in [0, 0.1) is 10.1 Å². The summed E-state index contributed by atoms with van der Waals surface area (Å²) in [5.74, 6) is 0. The number of halogens is 3. The van der Waals surface area contributed by atoms with Gasteiger partial charge in [-0.2, -0.15) is 13.2 Å². The van der Waals surface area contributed by atoms with Gasteiger partial charge in [0.1, 0.15) is 0 Å². The lowest BCUT2D eigenvalue weighted by Crippen LogP contribution is -2.46. The maximum Gasteiger partial charge on any atom is 0.415 e. The molecule has 0 aromatic carbocycles. The fraction of sp³-hybridized carbons (Fsp3) is 0.750. The Labute approximate surface area is 64.7 Å². The Bertz CT molecular complexity index is 181. The first-order valence-electron chi connectivity index (χ1n) is 2.76. The molecule has 5 nitrogen and oxygen atoms in total. The first-order valence-corrected chi connectivity index (χ1v) is 2.76. The number of amides is 1. The molecule has 0 saturated carbocycles. The first kappa shape index (κ1) is 10.7. The lowest BCUT2D eigenvalue weighted by molar-refractivity contribution is -0.490. The molecule has 0 fully saturated rings. The molecule has 0 radical (unpaired) electrons. The molecular weight excluding hydrogens is 181 g/mol. The molecule has 0 aliphatic rings. The summed E-state index contributed by atoms with van der Waals surface area (Å²) in [6, 6.07) is -2.41. The number of carbonyl (C=O) groups is 1. The zero-order valence-corrected chi connectivity index (χ0v) is 5.67. The summed E-state index contributed by atoms with van der Waals surface area (Å²) in [7, 11) is 0. The van der Waals surface area contributed by atoms with Gasteiger partial charge in [-0.15, -0.1) is 0 Å². The average molecular weight is 186 g/mol. The van der Waals surface area contributed by atoms with E-state index in [0.29, 0.717) is 0 Å². The predicted molar refractivity (Wildman–Crippen MR) is 30.9 cm³/mol. The highest BCUT2D eigenvalue weighted by molar-refractivity contribution is 5.46. The molecule has 0 aliphatic heterocycles. The third-order valence-corrected chi connectivity index (χ3v) is 0.996. The molecule has 1 N–H and O–H groups in total. The van der Waals surface area contributed by atoms with E-state index in [1.54, 1.807) is 0 Å². The SMILES string of the molecule is O=CNC(C[N+](=O)[O-])C(F)(F)F. The Morgan fingerprint density at radius 2 is 2.08 bits per heavy atom. The van der Waals surface area contributed by atoms with Crippen molar-refractivity contribution in [3.8, 4) is 0 Å². The molecule has 0 aromatic heterocycles. The minimum absolute atomic E-state index is 0.221. The summed E-state index contributed by atoms with van der Waals surface area (Å²) in [6.07, 6.45) is -5.00. The van der Waals surface area contributed by atoms with E-state index < -0.39 is 23.7 Å². The molecule has 70 valence electrons. The van der Waals surface area contributed by atoms with Crippen LogP contribution in [0.25, 0.3) is 0 Å². The summed E-state index contributed by atoms with van der Waals surface area (Å²) in [4.78, 5) is 18.1. The van der Waals surface area contributed by atoms with Crippen LogP contribution < -0.4 is 5.32 Å². The fourth-order valence-corrected chi connectivity index (χ4v) is 0.482. The van der Waals surface area contributed by atoms with Crippen LogP contribution in [0.5, 0.6) is 0 Å². The zero-order chi connectivity index (χ0) is 9.78. The highest BCUT2D eigenvalue weighted by Crippen LogP contribution is 2.19. The number of alkyl halides is 3. The smallest absolute Gasteiger partial charge is 0.342 e. The van der Waals surface area contributed by atoms with Gasteiger partial charge in [0.25, 0.3) is 0 Å². The van der Waals surface area contributed by atoms with Crippen molar-refractivity contribution in [2.45, 2.75) is 12.2 Å². The lowest BCUT2D eigenvalue weighted by Gasteiger charge is -2.14. The van der Waals surface area contributed by atoms with Crippen molar-refractivity contribution < 1.29 is 22.9 Å². The van der Waals surface area contributed by atoms with Gasteiger partial charge >= 0.3 is 6.18 Å². The molecule has 1 atom stereocenters. The minimum Gasteiger partial charge on any atom is -0.342 e. The van der Waals surface area contributed by atoms with E-state index in [1.807, 2.05) is 0 Å². The van der Waals surface area contributed by atoms with E-state index in [4.69, 9.17) is 0 Å². The van der Waals surface area contributed by atoms with Gasteiger partial charge < -0.3 is 5.32 Å². The molecule has 0 rings (SSSR count). The van der Waals surface area contributed by atoms with Crippen LogP contribution in [0.3, 0.4) is 0 Å². The molecular formula is C4H5F3N2O3. The quantitative estimate of drug-likeness (QED) is 0.379. The van der Waals surface area contributed by atoms with Gasteiger partial charge in [0.05, 0.1) is 0 Å². The monoisotopic (exact) mass is 186 g/mol. The van der Waals surface area contributed by atoms with Crippen molar-refractivity contribution in [3.63, 3.8) is 0 Å². The van der Waals surface area contributed by atoms with E-state index in [0.717, 1.165) is 0 Å². The Hall–Kier alpha value is -1.34. The Kier molecular flexibility index (Phi) is 3.45. The van der Waals surface area contributed by atoms with Crippen LogP contribution in [-0.2, 0) is 4.79 Å².